The van der Waals surface area contributed by atoms with Crippen molar-refractivity contribution in [3.05, 3.63) is 29.0 Å². The molecule has 1 atom stereocenters. The minimum atomic E-state index is -3.84. The fraction of sp³-hybridized carbons (Fsp3) is 0.400. The van der Waals surface area contributed by atoms with Crippen LogP contribution in [-0.4, -0.2) is 26.2 Å². The smallest absolute Gasteiger partial charge is 0.242 e. The molecule has 0 aliphatic carbocycles. The third-order valence-corrected chi connectivity index (χ3v) is 3.98. The Balaban J connectivity index is 2.86. The van der Waals surface area contributed by atoms with Gasteiger partial charge in [0.05, 0.1) is 11.1 Å². The topological polar surface area (TPSA) is 66.4 Å². The van der Waals surface area contributed by atoms with Crippen LogP contribution < -0.4 is 4.72 Å². The van der Waals surface area contributed by atoms with Gasteiger partial charge in [-0.3, -0.25) is 0 Å². The molecule has 4 nitrogen and oxygen atoms in total. The van der Waals surface area contributed by atoms with Gasteiger partial charge in [0, 0.05) is 6.54 Å². The van der Waals surface area contributed by atoms with Gasteiger partial charge in [-0.15, -0.1) is 0 Å². The number of rotatable bonds is 5. The van der Waals surface area contributed by atoms with Crippen LogP contribution in [-0.2, 0) is 10.0 Å². The van der Waals surface area contributed by atoms with Gasteiger partial charge < -0.3 is 5.11 Å². The van der Waals surface area contributed by atoms with Gasteiger partial charge in [0.25, 0.3) is 0 Å². The summed E-state index contributed by atoms with van der Waals surface area (Å²) in [4.78, 5) is -0.301. The summed E-state index contributed by atoms with van der Waals surface area (Å²) in [7, 11) is -3.84. The SMILES string of the molecule is CC(O)CCNS(=O)(=O)c1cc(F)ccc1Cl. The molecule has 1 unspecified atom stereocenters. The van der Waals surface area contributed by atoms with E-state index < -0.39 is 21.9 Å². The molecular weight excluding hydrogens is 269 g/mol. The Bertz CT molecular complexity index is 490. The summed E-state index contributed by atoms with van der Waals surface area (Å²) < 4.78 is 38.7. The van der Waals surface area contributed by atoms with Crippen molar-refractivity contribution < 1.29 is 17.9 Å². The summed E-state index contributed by atoms with van der Waals surface area (Å²) in [5.74, 6) is -0.676. The molecule has 96 valence electrons. The highest BCUT2D eigenvalue weighted by atomic mass is 35.5. The summed E-state index contributed by atoms with van der Waals surface area (Å²) in [5.41, 5.74) is 0. The molecule has 7 heteroatoms. The molecule has 2 N–H and O–H groups in total. The largest absolute Gasteiger partial charge is 0.393 e. The Morgan fingerprint density at radius 3 is 2.76 bits per heavy atom. The molecule has 0 aliphatic rings. The van der Waals surface area contributed by atoms with Crippen molar-refractivity contribution in [2.45, 2.75) is 24.3 Å². The first-order valence-electron chi connectivity index (χ1n) is 4.95. The van der Waals surface area contributed by atoms with Crippen molar-refractivity contribution in [2.24, 2.45) is 0 Å². The van der Waals surface area contributed by atoms with Gasteiger partial charge >= 0.3 is 0 Å². The van der Waals surface area contributed by atoms with Crippen molar-refractivity contribution in [3.63, 3.8) is 0 Å². The number of halogens is 2. The maximum Gasteiger partial charge on any atom is 0.242 e. The van der Waals surface area contributed by atoms with Crippen LogP contribution in [0, 0.1) is 5.82 Å². The van der Waals surface area contributed by atoms with Crippen LogP contribution in [0.3, 0.4) is 0 Å². The maximum atomic E-state index is 12.9. The highest BCUT2D eigenvalue weighted by Crippen LogP contribution is 2.21. The average molecular weight is 282 g/mol. The lowest BCUT2D eigenvalue weighted by atomic mass is 10.3. The average Bonchev–Trinajstić information content (AvgIpc) is 2.20. The molecule has 0 fully saturated rings. The molecular formula is C10H13ClFNO3S. The van der Waals surface area contributed by atoms with Gasteiger partial charge in [0.15, 0.2) is 0 Å². The van der Waals surface area contributed by atoms with Crippen LogP contribution in [0.25, 0.3) is 0 Å². The Hall–Kier alpha value is -0.690. The number of benzene rings is 1. The highest BCUT2D eigenvalue weighted by molar-refractivity contribution is 7.89. The van der Waals surface area contributed by atoms with E-state index in [0.29, 0.717) is 0 Å². The Labute approximate surface area is 104 Å². The van der Waals surface area contributed by atoms with Gasteiger partial charge in [0.1, 0.15) is 10.7 Å². The number of hydrogen-bond acceptors (Lipinski definition) is 3. The molecule has 0 radical (unpaired) electrons. The quantitative estimate of drug-likeness (QED) is 0.860. The van der Waals surface area contributed by atoms with Crippen LogP contribution in [0.4, 0.5) is 4.39 Å². The van der Waals surface area contributed by atoms with E-state index in [4.69, 9.17) is 16.7 Å². The van der Waals surface area contributed by atoms with Crippen molar-refractivity contribution >= 4 is 21.6 Å². The molecule has 1 aromatic rings. The maximum absolute atomic E-state index is 12.9. The molecule has 1 aromatic carbocycles. The lowest BCUT2D eigenvalue weighted by Crippen LogP contribution is -2.27. The predicted octanol–water partition coefficient (Wildman–Crippen LogP) is 1.53. The zero-order valence-corrected chi connectivity index (χ0v) is 10.7. The second-order valence-corrected chi connectivity index (χ2v) is 5.75. The summed E-state index contributed by atoms with van der Waals surface area (Å²) >= 11 is 5.69. The van der Waals surface area contributed by atoms with Crippen molar-refractivity contribution in [2.75, 3.05) is 6.54 Å². The number of aliphatic hydroxyl groups is 1. The molecule has 1 rings (SSSR count). The lowest BCUT2D eigenvalue weighted by Gasteiger charge is -2.09. The van der Waals surface area contributed by atoms with E-state index in [-0.39, 0.29) is 22.9 Å². The minimum Gasteiger partial charge on any atom is -0.393 e. The first-order chi connectivity index (χ1) is 7.83. The van der Waals surface area contributed by atoms with Crippen molar-refractivity contribution in [1.29, 1.82) is 0 Å². The van der Waals surface area contributed by atoms with Crippen LogP contribution in [0.5, 0.6) is 0 Å². The molecule has 0 bridgehead atoms. The molecule has 0 spiro atoms. The summed E-state index contributed by atoms with van der Waals surface area (Å²) in [5, 5.41) is 8.95. The highest BCUT2D eigenvalue weighted by Gasteiger charge is 2.18. The third kappa shape index (κ3) is 4.23. The van der Waals surface area contributed by atoms with Crippen LogP contribution in [0.15, 0.2) is 23.1 Å². The predicted molar refractivity (Wildman–Crippen MR) is 62.9 cm³/mol. The molecule has 0 heterocycles. The van der Waals surface area contributed by atoms with Crippen LogP contribution >= 0.6 is 11.6 Å². The van der Waals surface area contributed by atoms with E-state index in [9.17, 15) is 12.8 Å². The molecule has 0 saturated heterocycles. The summed E-state index contributed by atoms with van der Waals surface area (Å²) in [6, 6.07) is 3.12. The summed E-state index contributed by atoms with van der Waals surface area (Å²) in [6.07, 6.45) is -0.340. The molecule has 0 aliphatic heterocycles. The van der Waals surface area contributed by atoms with E-state index >= 15 is 0 Å². The third-order valence-electron chi connectivity index (χ3n) is 2.04. The van der Waals surface area contributed by atoms with Gasteiger partial charge in [-0.25, -0.2) is 17.5 Å². The van der Waals surface area contributed by atoms with E-state index in [0.717, 1.165) is 12.1 Å². The van der Waals surface area contributed by atoms with Gasteiger partial charge in [0.2, 0.25) is 10.0 Å². The van der Waals surface area contributed by atoms with Crippen LogP contribution in [0.1, 0.15) is 13.3 Å². The van der Waals surface area contributed by atoms with Gasteiger partial charge in [-0.05, 0) is 31.5 Å². The molecule has 17 heavy (non-hydrogen) atoms. The number of hydrogen-bond donors (Lipinski definition) is 2. The second kappa shape index (κ2) is 5.77. The van der Waals surface area contributed by atoms with Gasteiger partial charge in [-0.2, -0.15) is 0 Å². The second-order valence-electron chi connectivity index (χ2n) is 3.61. The number of sulfonamides is 1. The van der Waals surface area contributed by atoms with Gasteiger partial charge in [-0.1, -0.05) is 11.6 Å². The van der Waals surface area contributed by atoms with Crippen LogP contribution in [0.2, 0.25) is 5.02 Å². The van der Waals surface area contributed by atoms with Crippen molar-refractivity contribution in [3.8, 4) is 0 Å². The first-order valence-corrected chi connectivity index (χ1v) is 6.82. The fourth-order valence-corrected chi connectivity index (χ4v) is 2.72. The first kappa shape index (κ1) is 14.4. The van der Waals surface area contributed by atoms with Crippen molar-refractivity contribution in [1.82, 2.24) is 4.72 Å². The minimum absolute atomic E-state index is 0.0454. The summed E-state index contributed by atoms with van der Waals surface area (Å²) in [6.45, 7) is 1.61. The number of nitrogens with one attached hydrogen (secondary N) is 1. The zero-order valence-electron chi connectivity index (χ0n) is 9.15. The van der Waals surface area contributed by atoms with E-state index in [1.165, 1.54) is 6.07 Å². The Morgan fingerprint density at radius 2 is 2.18 bits per heavy atom. The van der Waals surface area contributed by atoms with E-state index in [1.54, 1.807) is 6.92 Å². The zero-order chi connectivity index (χ0) is 13.1. The van der Waals surface area contributed by atoms with E-state index in [1.807, 2.05) is 0 Å². The molecule has 0 saturated carbocycles. The normalized spacial score (nSPS) is 13.6. The van der Waals surface area contributed by atoms with E-state index in [2.05, 4.69) is 4.72 Å². The molecule has 0 aromatic heterocycles. The molecule has 0 amide bonds. The standard InChI is InChI=1S/C10H13ClFNO3S/c1-7(14)4-5-13-17(15,16)10-6-8(12)2-3-9(10)11/h2-3,6-7,13-14H,4-5H2,1H3. The number of aliphatic hydroxyl groups excluding tert-OH is 1. The lowest BCUT2D eigenvalue weighted by molar-refractivity contribution is 0.186. The fourth-order valence-electron chi connectivity index (χ4n) is 1.16. The Kier molecular flexibility index (Phi) is 4.88. The Morgan fingerprint density at radius 1 is 1.53 bits per heavy atom. The monoisotopic (exact) mass is 281 g/mol.